The van der Waals surface area contributed by atoms with E-state index in [1.807, 2.05) is 24.3 Å². The first-order chi connectivity index (χ1) is 15.8. The molecule has 32 heavy (non-hydrogen) atoms. The van der Waals surface area contributed by atoms with Gasteiger partial charge in [0.2, 0.25) is 0 Å². The molecule has 2 nitrogen and oxygen atoms in total. The first-order valence-electron chi connectivity index (χ1n) is 10.8. The maximum absolute atomic E-state index is 6.01. The largest absolute Gasteiger partial charge is 0.456 e. The van der Waals surface area contributed by atoms with Crippen LogP contribution in [0.4, 0.5) is 11.4 Å². The zero-order valence-electron chi connectivity index (χ0n) is 17.5. The van der Waals surface area contributed by atoms with Crippen LogP contribution in [-0.2, 0) is 0 Å². The van der Waals surface area contributed by atoms with Gasteiger partial charge in [-0.15, -0.1) is 0 Å². The Kier molecular flexibility index (Phi) is 4.47. The Morgan fingerprint density at radius 3 is 1.66 bits per heavy atom. The highest BCUT2D eigenvalue weighted by Crippen LogP contribution is 2.32. The third kappa shape index (κ3) is 3.42. The minimum absolute atomic E-state index is 0.895. The summed E-state index contributed by atoms with van der Waals surface area (Å²) in [5.74, 6) is 0. The summed E-state index contributed by atoms with van der Waals surface area (Å²) in [6.45, 7) is 0. The molecule has 1 heterocycles. The molecule has 1 aromatic heterocycles. The van der Waals surface area contributed by atoms with Crippen LogP contribution in [0.1, 0.15) is 0 Å². The van der Waals surface area contributed by atoms with Crippen LogP contribution in [-0.4, -0.2) is 0 Å². The Balaban J connectivity index is 1.22. The first kappa shape index (κ1) is 18.5. The molecule has 0 bridgehead atoms. The normalized spacial score (nSPS) is 11.1. The molecule has 0 spiro atoms. The van der Waals surface area contributed by atoms with Crippen LogP contribution in [0.25, 0.3) is 44.2 Å². The average Bonchev–Trinajstić information content (AvgIpc) is 3.23. The van der Waals surface area contributed by atoms with E-state index in [0.29, 0.717) is 0 Å². The second kappa shape index (κ2) is 7.75. The molecule has 0 radical (unpaired) electrons. The molecule has 0 amide bonds. The molecule has 6 rings (SSSR count). The number of hydrogen-bond donors (Lipinski definition) is 1. The fourth-order valence-electron chi connectivity index (χ4n) is 4.20. The number of anilines is 2. The smallest absolute Gasteiger partial charge is 0.137 e. The van der Waals surface area contributed by atoms with Crippen LogP contribution in [0.3, 0.4) is 0 Å². The van der Waals surface area contributed by atoms with E-state index in [0.717, 1.165) is 33.3 Å². The maximum Gasteiger partial charge on any atom is 0.137 e. The Morgan fingerprint density at radius 2 is 0.938 bits per heavy atom. The van der Waals surface area contributed by atoms with Crippen molar-refractivity contribution in [3.8, 4) is 22.3 Å². The number of nitrogens with one attached hydrogen (secondary N) is 1. The number of hydrogen-bond acceptors (Lipinski definition) is 2. The van der Waals surface area contributed by atoms with Gasteiger partial charge in [-0.05, 0) is 52.6 Å². The fourth-order valence-corrected chi connectivity index (χ4v) is 4.20. The van der Waals surface area contributed by atoms with Crippen LogP contribution in [0, 0.1) is 0 Å². The molecule has 152 valence electrons. The van der Waals surface area contributed by atoms with Gasteiger partial charge in [0, 0.05) is 28.2 Å². The zero-order valence-corrected chi connectivity index (χ0v) is 17.5. The highest BCUT2D eigenvalue weighted by Gasteiger charge is 2.07. The molecule has 0 fully saturated rings. The predicted octanol–water partition coefficient (Wildman–Crippen LogP) is 8.66. The van der Waals surface area contributed by atoms with Gasteiger partial charge in [-0.25, -0.2) is 0 Å². The van der Waals surface area contributed by atoms with Crippen molar-refractivity contribution < 1.29 is 4.42 Å². The SMILES string of the molecule is c1ccc(-c2ccc(-c3ccc(Nc4ccc5c(c4)oc4ccccc45)cc3)cc2)cc1. The van der Waals surface area contributed by atoms with Gasteiger partial charge in [-0.2, -0.15) is 0 Å². The van der Waals surface area contributed by atoms with Gasteiger partial charge >= 0.3 is 0 Å². The molecule has 0 aliphatic carbocycles. The molecule has 6 aromatic rings. The van der Waals surface area contributed by atoms with E-state index in [1.54, 1.807) is 0 Å². The van der Waals surface area contributed by atoms with E-state index in [4.69, 9.17) is 4.42 Å². The Morgan fingerprint density at radius 1 is 0.406 bits per heavy atom. The minimum Gasteiger partial charge on any atom is -0.456 e. The monoisotopic (exact) mass is 411 g/mol. The van der Waals surface area contributed by atoms with Crippen LogP contribution < -0.4 is 5.32 Å². The minimum atomic E-state index is 0.895. The summed E-state index contributed by atoms with van der Waals surface area (Å²) in [6.07, 6.45) is 0. The van der Waals surface area contributed by atoms with Crippen LogP contribution in [0.15, 0.2) is 126 Å². The summed E-state index contributed by atoms with van der Waals surface area (Å²) in [6, 6.07) is 42.1. The number of benzene rings is 5. The third-order valence-electron chi connectivity index (χ3n) is 5.88. The Labute approximate surface area is 186 Å². The number of fused-ring (bicyclic) bond motifs is 3. The third-order valence-corrected chi connectivity index (χ3v) is 5.88. The molecule has 0 unspecified atom stereocenters. The molecular weight excluding hydrogens is 390 g/mol. The topological polar surface area (TPSA) is 25.2 Å². The molecule has 0 saturated carbocycles. The fraction of sp³-hybridized carbons (Fsp3) is 0. The van der Waals surface area contributed by atoms with Crippen molar-refractivity contribution in [2.75, 3.05) is 5.32 Å². The molecule has 1 N–H and O–H groups in total. The predicted molar refractivity (Wildman–Crippen MR) is 134 cm³/mol. The van der Waals surface area contributed by atoms with E-state index in [1.165, 1.54) is 22.3 Å². The lowest BCUT2D eigenvalue weighted by atomic mass is 10.0. The van der Waals surface area contributed by atoms with Gasteiger partial charge in [0.1, 0.15) is 11.2 Å². The van der Waals surface area contributed by atoms with Gasteiger partial charge < -0.3 is 9.73 Å². The number of para-hydroxylation sites is 1. The van der Waals surface area contributed by atoms with Crippen LogP contribution >= 0.6 is 0 Å². The first-order valence-corrected chi connectivity index (χ1v) is 10.8. The Hall–Kier alpha value is -4.30. The number of rotatable bonds is 4. The second-order valence-electron chi connectivity index (χ2n) is 7.95. The highest BCUT2D eigenvalue weighted by molar-refractivity contribution is 6.05. The summed E-state index contributed by atoms with van der Waals surface area (Å²) in [5, 5.41) is 5.78. The average molecular weight is 412 g/mol. The zero-order chi connectivity index (χ0) is 21.3. The number of furan rings is 1. The van der Waals surface area contributed by atoms with Crippen molar-refractivity contribution in [2.45, 2.75) is 0 Å². The molecule has 0 aliphatic heterocycles. The van der Waals surface area contributed by atoms with Gasteiger partial charge in [0.25, 0.3) is 0 Å². The lowest BCUT2D eigenvalue weighted by molar-refractivity contribution is 0.669. The molecular formula is C30H21NO. The van der Waals surface area contributed by atoms with Crippen molar-refractivity contribution in [3.05, 3.63) is 121 Å². The standard InChI is InChI=1S/C30H21NO/c1-2-6-21(7-3-1)22-10-12-23(13-11-22)24-14-16-25(17-15-24)31-26-18-19-28-27-8-4-5-9-29(27)32-30(28)20-26/h1-20,31H. The van der Waals surface area contributed by atoms with E-state index in [9.17, 15) is 0 Å². The summed E-state index contributed by atoms with van der Waals surface area (Å²) in [4.78, 5) is 0. The van der Waals surface area contributed by atoms with Gasteiger partial charge in [0.15, 0.2) is 0 Å². The van der Waals surface area contributed by atoms with Gasteiger partial charge in [-0.3, -0.25) is 0 Å². The van der Waals surface area contributed by atoms with E-state index in [2.05, 4.69) is 102 Å². The molecule has 2 heteroatoms. The quantitative estimate of drug-likeness (QED) is 0.314. The van der Waals surface area contributed by atoms with Crippen LogP contribution in [0.5, 0.6) is 0 Å². The molecule has 5 aromatic carbocycles. The Bertz CT molecular complexity index is 1510. The molecule has 0 aliphatic rings. The molecule has 0 saturated heterocycles. The van der Waals surface area contributed by atoms with E-state index < -0.39 is 0 Å². The van der Waals surface area contributed by atoms with Crippen molar-refractivity contribution >= 4 is 33.3 Å². The summed E-state index contributed by atoms with van der Waals surface area (Å²) >= 11 is 0. The van der Waals surface area contributed by atoms with Gasteiger partial charge in [0.05, 0.1) is 0 Å². The highest BCUT2D eigenvalue weighted by atomic mass is 16.3. The van der Waals surface area contributed by atoms with Crippen molar-refractivity contribution in [1.29, 1.82) is 0 Å². The van der Waals surface area contributed by atoms with Crippen molar-refractivity contribution in [2.24, 2.45) is 0 Å². The second-order valence-corrected chi connectivity index (χ2v) is 7.95. The van der Waals surface area contributed by atoms with E-state index >= 15 is 0 Å². The van der Waals surface area contributed by atoms with Gasteiger partial charge in [-0.1, -0.05) is 84.9 Å². The maximum atomic E-state index is 6.01. The van der Waals surface area contributed by atoms with Crippen LogP contribution in [0.2, 0.25) is 0 Å². The van der Waals surface area contributed by atoms with Crippen molar-refractivity contribution in [1.82, 2.24) is 0 Å². The summed E-state index contributed by atoms with van der Waals surface area (Å²) in [7, 11) is 0. The summed E-state index contributed by atoms with van der Waals surface area (Å²) < 4.78 is 6.01. The van der Waals surface area contributed by atoms with Crippen molar-refractivity contribution in [3.63, 3.8) is 0 Å². The lowest BCUT2D eigenvalue weighted by Crippen LogP contribution is -1.89. The van der Waals surface area contributed by atoms with E-state index in [-0.39, 0.29) is 0 Å². The lowest BCUT2D eigenvalue weighted by Gasteiger charge is -2.09. The molecule has 0 atom stereocenters. The summed E-state index contributed by atoms with van der Waals surface area (Å²) in [5.41, 5.74) is 8.74.